The minimum absolute atomic E-state index is 0.0551. The normalized spacial score (nSPS) is 20.7. The Morgan fingerprint density at radius 2 is 2.00 bits per heavy atom. The van der Waals surface area contributed by atoms with Crippen LogP contribution < -0.4 is 10.6 Å². The predicted octanol–water partition coefficient (Wildman–Crippen LogP) is 2.61. The summed E-state index contributed by atoms with van der Waals surface area (Å²) in [5, 5.41) is 19.8. The maximum Gasteiger partial charge on any atom is 0.315 e. The molecule has 25 heavy (non-hydrogen) atoms. The van der Waals surface area contributed by atoms with Gasteiger partial charge < -0.3 is 15.7 Å². The Hall–Kier alpha value is -2.34. The number of hydrogen-bond acceptors (Lipinski definition) is 3. The van der Waals surface area contributed by atoms with Gasteiger partial charge in [-0.1, -0.05) is 37.5 Å². The Labute approximate surface area is 148 Å². The number of nitrogens with one attached hydrogen (secondary N) is 2. The number of hydrogen-bond donors (Lipinski definition) is 3. The number of carbonyl (C=O) groups is 1. The molecular formula is C19H26N4O2. The summed E-state index contributed by atoms with van der Waals surface area (Å²) >= 11 is 0. The van der Waals surface area contributed by atoms with Crippen molar-refractivity contribution in [1.29, 1.82) is 0 Å². The number of nitrogens with zero attached hydrogens (tertiary/aromatic N) is 2. The summed E-state index contributed by atoms with van der Waals surface area (Å²) in [5.74, 6) is 0.161. The van der Waals surface area contributed by atoms with Crippen LogP contribution in [0.3, 0.4) is 0 Å². The molecule has 2 atom stereocenters. The van der Waals surface area contributed by atoms with Crippen LogP contribution in [0.2, 0.25) is 0 Å². The summed E-state index contributed by atoms with van der Waals surface area (Å²) in [7, 11) is 0. The predicted molar refractivity (Wildman–Crippen MR) is 96.4 cm³/mol. The first-order valence-corrected chi connectivity index (χ1v) is 9.00. The third kappa shape index (κ3) is 4.82. The van der Waals surface area contributed by atoms with E-state index in [9.17, 15) is 9.90 Å². The second-order valence-electron chi connectivity index (χ2n) is 6.64. The van der Waals surface area contributed by atoms with E-state index in [-0.39, 0.29) is 24.6 Å². The molecule has 2 amide bonds. The molecule has 6 nitrogen and oxygen atoms in total. The quantitative estimate of drug-likeness (QED) is 0.731. The molecule has 0 saturated heterocycles. The zero-order valence-electron chi connectivity index (χ0n) is 14.4. The minimum atomic E-state index is -0.183. The lowest BCUT2D eigenvalue weighted by Gasteiger charge is -2.24. The molecular weight excluding hydrogens is 316 g/mol. The number of rotatable bonds is 5. The number of benzene rings is 1. The molecule has 1 aromatic carbocycles. The van der Waals surface area contributed by atoms with E-state index in [4.69, 9.17) is 0 Å². The summed E-state index contributed by atoms with van der Waals surface area (Å²) in [5.41, 5.74) is 1.93. The van der Waals surface area contributed by atoms with Gasteiger partial charge in [-0.2, -0.15) is 5.10 Å². The molecule has 3 rings (SSSR count). The Kier molecular flexibility index (Phi) is 6.06. The van der Waals surface area contributed by atoms with E-state index in [0.717, 1.165) is 36.9 Å². The van der Waals surface area contributed by atoms with E-state index in [1.54, 1.807) is 10.9 Å². The van der Waals surface area contributed by atoms with Gasteiger partial charge >= 0.3 is 6.03 Å². The molecule has 0 radical (unpaired) electrons. The summed E-state index contributed by atoms with van der Waals surface area (Å²) in [6.45, 7) is 0.559. The zero-order valence-corrected chi connectivity index (χ0v) is 14.4. The third-order valence-corrected chi connectivity index (χ3v) is 4.82. The SMILES string of the molecule is O=C(NCc1cnn(-c2ccccc2)c1)NC1CCCCCC1CO. The number of urea groups is 1. The number of aromatic nitrogens is 2. The van der Waals surface area contributed by atoms with Crippen molar-refractivity contribution in [3.8, 4) is 5.69 Å². The van der Waals surface area contributed by atoms with E-state index in [2.05, 4.69) is 15.7 Å². The van der Waals surface area contributed by atoms with E-state index in [1.807, 2.05) is 36.5 Å². The van der Waals surface area contributed by atoms with Gasteiger partial charge in [0, 0.05) is 36.9 Å². The Bertz CT molecular complexity index is 671. The van der Waals surface area contributed by atoms with Crippen molar-refractivity contribution in [2.45, 2.75) is 44.7 Å². The van der Waals surface area contributed by atoms with E-state index in [1.165, 1.54) is 6.42 Å². The molecule has 1 fully saturated rings. The van der Waals surface area contributed by atoms with Crippen molar-refractivity contribution in [1.82, 2.24) is 20.4 Å². The van der Waals surface area contributed by atoms with Gasteiger partial charge in [-0.05, 0) is 25.0 Å². The lowest BCUT2D eigenvalue weighted by molar-refractivity contribution is 0.179. The first-order chi connectivity index (χ1) is 12.3. The lowest BCUT2D eigenvalue weighted by atomic mass is 9.96. The van der Waals surface area contributed by atoms with E-state index >= 15 is 0 Å². The van der Waals surface area contributed by atoms with Crippen LogP contribution in [0.5, 0.6) is 0 Å². The first kappa shape index (κ1) is 17.5. The number of aliphatic hydroxyl groups excluding tert-OH is 1. The highest BCUT2D eigenvalue weighted by molar-refractivity contribution is 5.74. The van der Waals surface area contributed by atoms with Crippen molar-refractivity contribution >= 4 is 6.03 Å². The van der Waals surface area contributed by atoms with Gasteiger partial charge in [0.2, 0.25) is 0 Å². The van der Waals surface area contributed by atoms with Gasteiger partial charge in [0.15, 0.2) is 0 Å². The second kappa shape index (κ2) is 8.67. The highest BCUT2D eigenvalue weighted by atomic mass is 16.3. The molecule has 1 aromatic heterocycles. The molecule has 1 heterocycles. The fourth-order valence-electron chi connectivity index (χ4n) is 3.37. The molecule has 0 aliphatic heterocycles. The van der Waals surface area contributed by atoms with Crippen molar-refractivity contribution in [2.75, 3.05) is 6.61 Å². The van der Waals surface area contributed by atoms with Crippen LogP contribution in [0.15, 0.2) is 42.7 Å². The molecule has 1 aliphatic carbocycles. The molecule has 2 aromatic rings. The molecule has 1 aliphatic rings. The van der Waals surface area contributed by atoms with Gasteiger partial charge in [-0.3, -0.25) is 0 Å². The topological polar surface area (TPSA) is 79.2 Å². The number of aliphatic hydroxyl groups is 1. The van der Waals surface area contributed by atoms with Crippen molar-refractivity contribution in [3.63, 3.8) is 0 Å². The fourth-order valence-corrected chi connectivity index (χ4v) is 3.37. The van der Waals surface area contributed by atoms with Crippen LogP contribution in [-0.2, 0) is 6.54 Å². The zero-order chi connectivity index (χ0) is 17.5. The largest absolute Gasteiger partial charge is 0.396 e. The van der Waals surface area contributed by atoms with Crippen molar-refractivity contribution in [2.24, 2.45) is 5.92 Å². The summed E-state index contributed by atoms with van der Waals surface area (Å²) in [6, 6.07) is 9.74. The summed E-state index contributed by atoms with van der Waals surface area (Å²) in [6.07, 6.45) is 8.99. The van der Waals surface area contributed by atoms with E-state index < -0.39 is 0 Å². The monoisotopic (exact) mass is 342 g/mol. The summed E-state index contributed by atoms with van der Waals surface area (Å²) < 4.78 is 1.79. The van der Waals surface area contributed by atoms with Crippen LogP contribution in [-0.4, -0.2) is 33.6 Å². The molecule has 1 saturated carbocycles. The van der Waals surface area contributed by atoms with Gasteiger partial charge in [0.05, 0.1) is 11.9 Å². The van der Waals surface area contributed by atoms with Crippen LogP contribution in [0, 0.1) is 5.92 Å². The Morgan fingerprint density at radius 3 is 2.80 bits per heavy atom. The van der Waals surface area contributed by atoms with Crippen LogP contribution in [0.1, 0.15) is 37.7 Å². The molecule has 6 heteroatoms. The lowest BCUT2D eigenvalue weighted by Crippen LogP contribution is -2.45. The Balaban J connectivity index is 1.51. The fraction of sp³-hybridized carbons (Fsp3) is 0.474. The van der Waals surface area contributed by atoms with Crippen LogP contribution in [0.25, 0.3) is 5.69 Å². The molecule has 0 bridgehead atoms. The van der Waals surface area contributed by atoms with Crippen molar-refractivity contribution in [3.05, 3.63) is 48.3 Å². The third-order valence-electron chi connectivity index (χ3n) is 4.82. The minimum Gasteiger partial charge on any atom is -0.396 e. The summed E-state index contributed by atoms with van der Waals surface area (Å²) in [4.78, 5) is 12.2. The number of amides is 2. The first-order valence-electron chi connectivity index (χ1n) is 9.00. The number of carbonyl (C=O) groups excluding carboxylic acids is 1. The average Bonchev–Trinajstić information content (AvgIpc) is 3.01. The van der Waals surface area contributed by atoms with Crippen LogP contribution >= 0.6 is 0 Å². The van der Waals surface area contributed by atoms with Gasteiger partial charge in [0.1, 0.15) is 0 Å². The van der Waals surface area contributed by atoms with Gasteiger partial charge in [-0.25, -0.2) is 9.48 Å². The standard InChI is InChI=1S/C19H26N4O2/c24-14-16-7-3-1-6-10-18(16)22-19(25)20-11-15-12-21-23(13-15)17-8-4-2-5-9-17/h2,4-5,8-9,12-13,16,18,24H,1,3,6-7,10-11,14H2,(H2,20,22,25). The van der Waals surface area contributed by atoms with Gasteiger partial charge in [0.25, 0.3) is 0 Å². The van der Waals surface area contributed by atoms with E-state index in [0.29, 0.717) is 6.54 Å². The highest BCUT2D eigenvalue weighted by Crippen LogP contribution is 2.23. The van der Waals surface area contributed by atoms with Crippen molar-refractivity contribution < 1.29 is 9.90 Å². The highest BCUT2D eigenvalue weighted by Gasteiger charge is 2.24. The Morgan fingerprint density at radius 1 is 1.20 bits per heavy atom. The van der Waals surface area contributed by atoms with Crippen LogP contribution in [0.4, 0.5) is 4.79 Å². The molecule has 2 unspecified atom stereocenters. The smallest absolute Gasteiger partial charge is 0.315 e. The average molecular weight is 342 g/mol. The maximum absolute atomic E-state index is 12.2. The second-order valence-corrected chi connectivity index (χ2v) is 6.64. The molecule has 134 valence electrons. The number of para-hydroxylation sites is 1. The molecule has 3 N–H and O–H groups in total. The maximum atomic E-state index is 12.2. The molecule has 0 spiro atoms. The van der Waals surface area contributed by atoms with Gasteiger partial charge in [-0.15, -0.1) is 0 Å².